The standard InChI is InChI=1S/C13H16N2O2/c1-2-13(9-6-4-3-5-7-9)8-10(14)11(16)15-12(13)17/h3-7,10H,2,8,14H2,1H3,(H,15,16,17)/t10-,13-/m0/s1. The van der Waals surface area contributed by atoms with Gasteiger partial charge in [-0.2, -0.15) is 0 Å². The van der Waals surface area contributed by atoms with Crippen molar-refractivity contribution in [1.82, 2.24) is 5.32 Å². The summed E-state index contributed by atoms with van der Waals surface area (Å²) in [6.45, 7) is 1.94. The Balaban J connectivity index is 2.44. The highest BCUT2D eigenvalue weighted by Gasteiger charge is 2.45. The maximum Gasteiger partial charge on any atom is 0.243 e. The number of imide groups is 1. The van der Waals surface area contributed by atoms with Gasteiger partial charge in [0.1, 0.15) is 0 Å². The minimum atomic E-state index is -0.672. The van der Waals surface area contributed by atoms with Gasteiger partial charge in [-0.3, -0.25) is 14.9 Å². The molecule has 0 aliphatic carbocycles. The Labute approximate surface area is 100 Å². The molecule has 0 spiro atoms. The predicted molar refractivity (Wildman–Crippen MR) is 64.2 cm³/mol. The Morgan fingerprint density at radius 1 is 1.35 bits per heavy atom. The molecule has 1 aliphatic heterocycles. The maximum atomic E-state index is 12.1. The second kappa shape index (κ2) is 4.30. The number of hydrogen-bond acceptors (Lipinski definition) is 3. The van der Waals surface area contributed by atoms with Gasteiger partial charge in [-0.25, -0.2) is 0 Å². The average molecular weight is 232 g/mol. The molecule has 1 fully saturated rings. The van der Waals surface area contributed by atoms with Gasteiger partial charge in [-0.05, 0) is 18.4 Å². The van der Waals surface area contributed by atoms with Gasteiger partial charge in [0.15, 0.2) is 0 Å². The van der Waals surface area contributed by atoms with E-state index in [0.29, 0.717) is 12.8 Å². The van der Waals surface area contributed by atoms with Gasteiger partial charge in [0.25, 0.3) is 0 Å². The Morgan fingerprint density at radius 2 is 2.00 bits per heavy atom. The van der Waals surface area contributed by atoms with E-state index < -0.39 is 11.5 Å². The zero-order valence-corrected chi connectivity index (χ0v) is 9.77. The summed E-state index contributed by atoms with van der Waals surface area (Å²) in [5, 5.41) is 2.37. The zero-order valence-electron chi connectivity index (χ0n) is 9.77. The number of hydrogen-bond donors (Lipinski definition) is 2. The number of piperidine rings is 1. The highest BCUT2D eigenvalue weighted by Crippen LogP contribution is 2.35. The second-order valence-corrected chi connectivity index (χ2v) is 4.43. The molecule has 0 unspecified atom stereocenters. The van der Waals surface area contributed by atoms with E-state index in [1.165, 1.54) is 0 Å². The first-order chi connectivity index (χ1) is 8.10. The summed E-state index contributed by atoms with van der Waals surface area (Å²) >= 11 is 0. The van der Waals surface area contributed by atoms with Crippen molar-refractivity contribution in [1.29, 1.82) is 0 Å². The minimum absolute atomic E-state index is 0.238. The molecular weight excluding hydrogens is 216 g/mol. The number of rotatable bonds is 2. The van der Waals surface area contributed by atoms with Crippen LogP contribution in [-0.4, -0.2) is 17.9 Å². The monoisotopic (exact) mass is 232 g/mol. The fourth-order valence-corrected chi connectivity index (χ4v) is 2.40. The molecule has 4 heteroatoms. The Hall–Kier alpha value is -1.68. The van der Waals surface area contributed by atoms with E-state index in [-0.39, 0.29) is 11.8 Å². The summed E-state index contributed by atoms with van der Waals surface area (Å²) < 4.78 is 0. The third kappa shape index (κ3) is 1.85. The van der Waals surface area contributed by atoms with Crippen molar-refractivity contribution in [2.45, 2.75) is 31.2 Å². The van der Waals surface area contributed by atoms with E-state index in [0.717, 1.165) is 5.56 Å². The summed E-state index contributed by atoms with van der Waals surface area (Å²) in [6.07, 6.45) is 1.00. The molecule has 0 bridgehead atoms. The molecule has 17 heavy (non-hydrogen) atoms. The van der Waals surface area contributed by atoms with Crippen LogP contribution >= 0.6 is 0 Å². The van der Waals surface area contributed by atoms with E-state index in [1.807, 2.05) is 37.3 Å². The van der Waals surface area contributed by atoms with Crippen molar-refractivity contribution in [3.05, 3.63) is 35.9 Å². The van der Waals surface area contributed by atoms with Gasteiger partial charge in [-0.1, -0.05) is 37.3 Å². The normalized spacial score (nSPS) is 28.9. The summed E-state index contributed by atoms with van der Waals surface area (Å²) in [7, 11) is 0. The van der Waals surface area contributed by atoms with E-state index in [9.17, 15) is 9.59 Å². The van der Waals surface area contributed by atoms with Gasteiger partial charge in [0.2, 0.25) is 11.8 Å². The molecule has 4 nitrogen and oxygen atoms in total. The molecule has 3 N–H and O–H groups in total. The van der Waals surface area contributed by atoms with Gasteiger partial charge in [-0.15, -0.1) is 0 Å². The molecule has 1 aliphatic rings. The quantitative estimate of drug-likeness (QED) is 0.737. The molecule has 2 amide bonds. The smallest absolute Gasteiger partial charge is 0.243 e. The Morgan fingerprint density at radius 3 is 2.59 bits per heavy atom. The Kier molecular flexibility index (Phi) is 2.98. The fourth-order valence-electron chi connectivity index (χ4n) is 2.40. The first-order valence-corrected chi connectivity index (χ1v) is 5.76. The summed E-state index contributed by atoms with van der Waals surface area (Å²) in [5.74, 6) is -0.618. The number of nitrogens with one attached hydrogen (secondary N) is 1. The lowest BCUT2D eigenvalue weighted by Gasteiger charge is -2.37. The molecule has 90 valence electrons. The lowest BCUT2D eigenvalue weighted by molar-refractivity contribution is -0.139. The largest absolute Gasteiger partial charge is 0.320 e. The van der Waals surface area contributed by atoms with Crippen LogP contribution in [0.2, 0.25) is 0 Å². The first kappa shape index (κ1) is 11.8. The van der Waals surface area contributed by atoms with Gasteiger partial charge in [0.05, 0.1) is 11.5 Å². The Bertz CT molecular complexity index is 444. The maximum absolute atomic E-state index is 12.1. The van der Waals surface area contributed by atoms with Crippen molar-refractivity contribution in [3.63, 3.8) is 0 Å². The molecular formula is C13H16N2O2. The van der Waals surface area contributed by atoms with E-state index in [4.69, 9.17) is 5.73 Å². The third-order valence-electron chi connectivity index (χ3n) is 3.51. The van der Waals surface area contributed by atoms with Crippen LogP contribution in [0, 0.1) is 0 Å². The highest BCUT2D eigenvalue weighted by molar-refractivity contribution is 6.05. The van der Waals surface area contributed by atoms with Crippen LogP contribution in [0.1, 0.15) is 25.3 Å². The molecule has 0 saturated carbocycles. The molecule has 2 rings (SSSR count). The lowest BCUT2D eigenvalue weighted by Crippen LogP contribution is -2.59. The van der Waals surface area contributed by atoms with Crippen LogP contribution in [0.15, 0.2) is 30.3 Å². The molecule has 0 radical (unpaired) electrons. The summed E-state index contributed by atoms with van der Waals surface area (Å²) in [5.41, 5.74) is 6.01. The molecule has 1 aromatic carbocycles. The van der Waals surface area contributed by atoms with Gasteiger partial charge >= 0.3 is 0 Å². The van der Waals surface area contributed by atoms with Gasteiger partial charge in [0, 0.05) is 0 Å². The van der Waals surface area contributed by atoms with Crippen molar-refractivity contribution in [2.75, 3.05) is 0 Å². The van der Waals surface area contributed by atoms with Crippen molar-refractivity contribution < 1.29 is 9.59 Å². The summed E-state index contributed by atoms with van der Waals surface area (Å²) in [4.78, 5) is 23.5. The molecule has 0 aromatic heterocycles. The van der Waals surface area contributed by atoms with Crippen molar-refractivity contribution >= 4 is 11.8 Å². The van der Waals surface area contributed by atoms with Crippen LogP contribution in [0.3, 0.4) is 0 Å². The fraction of sp³-hybridized carbons (Fsp3) is 0.385. The number of nitrogens with two attached hydrogens (primary N) is 1. The number of benzene rings is 1. The zero-order chi connectivity index (χ0) is 12.5. The van der Waals surface area contributed by atoms with Crippen molar-refractivity contribution in [3.8, 4) is 0 Å². The minimum Gasteiger partial charge on any atom is -0.320 e. The SMILES string of the molecule is CC[C@@]1(c2ccccc2)C[C@H](N)C(=O)NC1=O. The topological polar surface area (TPSA) is 72.2 Å². The number of carbonyl (C=O) groups is 2. The third-order valence-corrected chi connectivity index (χ3v) is 3.51. The van der Waals surface area contributed by atoms with Crippen LogP contribution in [0.5, 0.6) is 0 Å². The average Bonchev–Trinajstić information content (AvgIpc) is 2.35. The highest BCUT2D eigenvalue weighted by atomic mass is 16.2. The molecule has 1 aromatic rings. The second-order valence-electron chi connectivity index (χ2n) is 4.43. The van der Waals surface area contributed by atoms with E-state index in [1.54, 1.807) is 0 Å². The van der Waals surface area contributed by atoms with Crippen LogP contribution in [0.25, 0.3) is 0 Å². The van der Waals surface area contributed by atoms with Crippen LogP contribution < -0.4 is 11.1 Å². The predicted octanol–water partition coefficient (Wildman–Crippen LogP) is 0.708. The number of carbonyl (C=O) groups excluding carboxylic acids is 2. The van der Waals surface area contributed by atoms with Crippen molar-refractivity contribution in [2.24, 2.45) is 5.73 Å². The van der Waals surface area contributed by atoms with Gasteiger partial charge < -0.3 is 5.73 Å². The molecule has 2 atom stereocenters. The van der Waals surface area contributed by atoms with Crippen LogP contribution in [0.4, 0.5) is 0 Å². The summed E-state index contributed by atoms with van der Waals surface area (Å²) in [6, 6.07) is 8.88. The molecule has 1 saturated heterocycles. The number of amides is 2. The lowest BCUT2D eigenvalue weighted by atomic mass is 9.70. The van der Waals surface area contributed by atoms with E-state index >= 15 is 0 Å². The first-order valence-electron chi connectivity index (χ1n) is 5.76. The van der Waals surface area contributed by atoms with E-state index in [2.05, 4.69) is 5.32 Å². The van der Waals surface area contributed by atoms with Crippen LogP contribution in [-0.2, 0) is 15.0 Å². The molecule has 1 heterocycles.